The smallest absolute Gasteiger partial charge is 0.294 e. The first-order chi connectivity index (χ1) is 13.4. The average Bonchev–Trinajstić information content (AvgIpc) is 2.68. The molecule has 0 saturated heterocycles. The third kappa shape index (κ3) is 3.54. The van der Waals surface area contributed by atoms with Crippen molar-refractivity contribution in [3.63, 3.8) is 0 Å². The van der Waals surface area contributed by atoms with Crippen molar-refractivity contribution < 1.29 is 19.0 Å². The fraction of sp³-hybridized carbons (Fsp3) is 0.450. The van der Waals surface area contributed by atoms with Gasteiger partial charge in [0, 0.05) is 6.54 Å². The summed E-state index contributed by atoms with van der Waals surface area (Å²) >= 11 is 0. The van der Waals surface area contributed by atoms with E-state index >= 15 is 0 Å². The minimum atomic E-state index is -0.672. The van der Waals surface area contributed by atoms with E-state index in [1.165, 1.54) is 15.8 Å². The van der Waals surface area contributed by atoms with Gasteiger partial charge in [0.1, 0.15) is 0 Å². The lowest BCUT2D eigenvalue weighted by Gasteiger charge is -2.32. The topological polar surface area (TPSA) is 82.9 Å². The minimum absolute atomic E-state index is 0.125. The molecule has 1 atom stereocenters. The van der Waals surface area contributed by atoms with Crippen LogP contribution in [0, 0.1) is 0 Å². The molecule has 2 heterocycles. The van der Waals surface area contributed by atoms with E-state index in [-0.39, 0.29) is 23.2 Å². The molecule has 28 heavy (non-hydrogen) atoms. The maximum atomic E-state index is 12.9. The van der Waals surface area contributed by atoms with Gasteiger partial charge in [-0.1, -0.05) is 6.07 Å². The molecule has 1 amide bonds. The molecule has 1 aromatic carbocycles. The normalized spacial score (nSPS) is 16.0. The Labute approximate surface area is 163 Å². The van der Waals surface area contributed by atoms with Gasteiger partial charge in [-0.15, -0.1) is 0 Å². The van der Waals surface area contributed by atoms with Crippen LogP contribution in [0.2, 0.25) is 0 Å². The highest BCUT2D eigenvalue weighted by Gasteiger charge is 2.34. The van der Waals surface area contributed by atoms with Gasteiger partial charge >= 0.3 is 0 Å². The Morgan fingerprint density at radius 2 is 1.89 bits per heavy atom. The number of ether oxygens (including phenoxy) is 3. The Hall–Kier alpha value is -3.03. The number of carbonyl (C=O) groups excluding carboxylic acids is 1. The summed E-state index contributed by atoms with van der Waals surface area (Å²) in [6.45, 7) is 5.74. The second-order valence-electron chi connectivity index (χ2n) is 6.89. The largest absolute Gasteiger partial charge is 0.493 e. The van der Waals surface area contributed by atoms with E-state index in [1.807, 2.05) is 32.0 Å². The number of hydrogen-bond donors (Lipinski definition) is 0. The molecule has 0 N–H and O–H groups in total. The molecule has 0 aliphatic carbocycles. The van der Waals surface area contributed by atoms with Gasteiger partial charge in [-0.3, -0.25) is 9.59 Å². The van der Waals surface area contributed by atoms with Gasteiger partial charge in [-0.2, -0.15) is 5.10 Å². The van der Waals surface area contributed by atoms with Gasteiger partial charge in [0.05, 0.1) is 26.5 Å². The van der Waals surface area contributed by atoms with Crippen molar-refractivity contribution in [2.75, 3.05) is 25.7 Å². The van der Waals surface area contributed by atoms with Crippen LogP contribution in [0.4, 0.5) is 5.69 Å². The zero-order valence-corrected chi connectivity index (χ0v) is 16.8. The van der Waals surface area contributed by atoms with Crippen molar-refractivity contribution >= 4 is 11.6 Å². The molecule has 2 aromatic rings. The predicted molar refractivity (Wildman–Crippen MR) is 105 cm³/mol. The van der Waals surface area contributed by atoms with E-state index in [2.05, 4.69) is 5.10 Å². The van der Waals surface area contributed by atoms with Crippen LogP contribution in [0.3, 0.4) is 0 Å². The molecule has 150 valence electrons. The predicted octanol–water partition coefficient (Wildman–Crippen LogP) is 2.20. The summed E-state index contributed by atoms with van der Waals surface area (Å²) in [6, 6.07) is 5.48. The molecule has 8 nitrogen and oxygen atoms in total. The first kappa shape index (κ1) is 19.7. The van der Waals surface area contributed by atoms with Crippen LogP contribution in [0.5, 0.6) is 17.2 Å². The van der Waals surface area contributed by atoms with E-state index in [1.54, 1.807) is 21.1 Å². The Balaban J connectivity index is 1.93. The Morgan fingerprint density at radius 3 is 2.54 bits per heavy atom. The molecule has 1 aliphatic rings. The number of aromatic nitrogens is 2. The summed E-state index contributed by atoms with van der Waals surface area (Å²) < 4.78 is 17.6. The van der Waals surface area contributed by atoms with E-state index in [0.29, 0.717) is 30.2 Å². The number of rotatable bonds is 6. The second kappa shape index (κ2) is 7.92. The van der Waals surface area contributed by atoms with Crippen molar-refractivity contribution in [1.29, 1.82) is 0 Å². The lowest BCUT2D eigenvalue weighted by molar-refractivity contribution is -0.125. The van der Waals surface area contributed by atoms with Gasteiger partial charge in [0.15, 0.2) is 29.0 Å². The van der Waals surface area contributed by atoms with Crippen LogP contribution in [0.1, 0.15) is 32.4 Å². The van der Waals surface area contributed by atoms with Crippen LogP contribution in [-0.4, -0.2) is 42.6 Å². The molecule has 0 fully saturated rings. The van der Waals surface area contributed by atoms with Crippen molar-refractivity contribution in [2.45, 2.75) is 39.3 Å². The third-order valence-electron chi connectivity index (χ3n) is 4.69. The molecule has 1 aliphatic heterocycles. The Kier molecular flexibility index (Phi) is 5.58. The zero-order valence-electron chi connectivity index (χ0n) is 16.8. The first-order valence-corrected chi connectivity index (χ1v) is 9.18. The van der Waals surface area contributed by atoms with E-state index in [0.717, 1.165) is 5.56 Å². The van der Waals surface area contributed by atoms with Crippen LogP contribution in [0.15, 0.2) is 29.2 Å². The maximum absolute atomic E-state index is 12.9. The third-order valence-corrected chi connectivity index (χ3v) is 4.69. The highest BCUT2D eigenvalue weighted by Crippen LogP contribution is 2.31. The fourth-order valence-electron chi connectivity index (χ4n) is 3.21. The van der Waals surface area contributed by atoms with Crippen LogP contribution in [0.25, 0.3) is 0 Å². The summed E-state index contributed by atoms with van der Waals surface area (Å²) in [7, 11) is 3.16. The fourth-order valence-corrected chi connectivity index (χ4v) is 3.21. The van der Waals surface area contributed by atoms with Crippen molar-refractivity contribution in [3.8, 4) is 17.2 Å². The van der Waals surface area contributed by atoms with Crippen molar-refractivity contribution in [3.05, 3.63) is 40.3 Å². The number of fused-ring (bicyclic) bond motifs is 1. The summed E-state index contributed by atoms with van der Waals surface area (Å²) in [5.74, 6) is 1.35. The number of carbonyl (C=O) groups is 1. The number of methoxy groups -OCH3 is 2. The summed E-state index contributed by atoms with van der Waals surface area (Å²) in [4.78, 5) is 27.2. The van der Waals surface area contributed by atoms with E-state index in [4.69, 9.17) is 14.2 Å². The summed E-state index contributed by atoms with van der Waals surface area (Å²) in [5.41, 5.74) is 0.872. The minimum Gasteiger partial charge on any atom is -0.493 e. The van der Waals surface area contributed by atoms with Gasteiger partial charge in [0.2, 0.25) is 0 Å². The molecule has 1 unspecified atom stereocenters. The summed E-state index contributed by atoms with van der Waals surface area (Å²) in [5, 5.41) is 4.16. The van der Waals surface area contributed by atoms with E-state index in [9.17, 15) is 9.59 Å². The SMILES string of the molecule is COc1ccc(CCN2C(=O)C(C)Oc3cnn(C(C)C)c(=O)c32)cc1OC. The number of anilines is 1. The number of amides is 1. The van der Waals surface area contributed by atoms with Gasteiger partial charge in [-0.25, -0.2) is 4.68 Å². The van der Waals surface area contributed by atoms with Crippen LogP contribution >= 0.6 is 0 Å². The highest BCUT2D eigenvalue weighted by molar-refractivity contribution is 5.99. The van der Waals surface area contributed by atoms with Gasteiger partial charge in [0.25, 0.3) is 11.5 Å². The number of benzene rings is 1. The Bertz CT molecular complexity index is 938. The molecule has 0 radical (unpaired) electrons. The molecule has 0 bridgehead atoms. The first-order valence-electron chi connectivity index (χ1n) is 9.18. The second-order valence-corrected chi connectivity index (χ2v) is 6.89. The van der Waals surface area contributed by atoms with E-state index < -0.39 is 6.10 Å². The zero-order chi connectivity index (χ0) is 20.4. The van der Waals surface area contributed by atoms with Crippen molar-refractivity contribution in [1.82, 2.24) is 9.78 Å². The average molecular weight is 387 g/mol. The molecular formula is C20H25N3O5. The standard InChI is InChI=1S/C20H25N3O5/c1-12(2)23-20(25)18-17(11-21-23)28-13(3)19(24)22(18)9-8-14-6-7-15(26-4)16(10-14)27-5/h6-7,10-13H,8-9H2,1-5H3. The monoisotopic (exact) mass is 387 g/mol. The maximum Gasteiger partial charge on any atom is 0.294 e. The molecule has 0 spiro atoms. The molecule has 8 heteroatoms. The van der Waals surface area contributed by atoms with Crippen molar-refractivity contribution in [2.24, 2.45) is 0 Å². The Morgan fingerprint density at radius 1 is 1.18 bits per heavy atom. The lowest BCUT2D eigenvalue weighted by atomic mass is 10.1. The molecule has 0 saturated carbocycles. The highest BCUT2D eigenvalue weighted by atomic mass is 16.5. The van der Waals surface area contributed by atoms with Crippen LogP contribution < -0.4 is 24.7 Å². The number of nitrogens with zero attached hydrogens (tertiary/aromatic N) is 3. The number of hydrogen-bond acceptors (Lipinski definition) is 6. The summed E-state index contributed by atoms with van der Waals surface area (Å²) in [6.07, 6.45) is 1.37. The van der Waals surface area contributed by atoms with Gasteiger partial charge in [-0.05, 0) is 44.9 Å². The molecular weight excluding hydrogens is 362 g/mol. The molecule has 3 rings (SSSR count). The van der Waals surface area contributed by atoms with Crippen LogP contribution in [-0.2, 0) is 11.2 Å². The lowest BCUT2D eigenvalue weighted by Crippen LogP contribution is -2.49. The van der Waals surface area contributed by atoms with Gasteiger partial charge < -0.3 is 19.1 Å². The quantitative estimate of drug-likeness (QED) is 0.756. The molecule has 1 aromatic heterocycles.